The fourth-order valence-corrected chi connectivity index (χ4v) is 1.83. The monoisotopic (exact) mass is 224 g/mol. The Morgan fingerprint density at radius 2 is 2.06 bits per heavy atom. The van der Waals surface area contributed by atoms with Crippen molar-refractivity contribution in [2.45, 2.75) is 6.54 Å². The van der Waals surface area contributed by atoms with Gasteiger partial charge in [0, 0.05) is 18.3 Å². The molecule has 3 rings (SSSR count). The highest BCUT2D eigenvalue weighted by atomic mass is 14.9. The van der Waals surface area contributed by atoms with Crippen LogP contribution >= 0.6 is 0 Å². The first-order valence-electron chi connectivity index (χ1n) is 5.47. The fraction of sp³-hybridized carbons (Fsp3) is 0.0769. The minimum atomic E-state index is 0.439. The van der Waals surface area contributed by atoms with E-state index in [1.807, 2.05) is 36.4 Å². The number of aromatic amines is 1. The van der Waals surface area contributed by atoms with Crippen LogP contribution in [0.4, 0.5) is 0 Å². The number of nitrogens with one attached hydrogen (secondary N) is 1. The lowest BCUT2D eigenvalue weighted by Gasteiger charge is -1.99. The quantitative estimate of drug-likeness (QED) is 0.700. The molecule has 0 bridgehead atoms. The summed E-state index contributed by atoms with van der Waals surface area (Å²) in [6, 6.07) is 11.8. The molecule has 0 aliphatic carbocycles. The van der Waals surface area contributed by atoms with Gasteiger partial charge < -0.3 is 10.7 Å². The first-order valence-corrected chi connectivity index (χ1v) is 5.47. The molecular formula is C13H12N4. The number of aromatic nitrogens is 3. The van der Waals surface area contributed by atoms with E-state index in [1.54, 1.807) is 6.20 Å². The molecule has 0 unspecified atom stereocenters. The summed E-state index contributed by atoms with van der Waals surface area (Å²) in [5, 5.41) is 0. The molecule has 0 saturated heterocycles. The van der Waals surface area contributed by atoms with Crippen LogP contribution in [0, 0.1) is 0 Å². The summed E-state index contributed by atoms with van der Waals surface area (Å²) < 4.78 is 0. The lowest BCUT2D eigenvalue weighted by molar-refractivity contribution is 0.990. The second-order valence-corrected chi connectivity index (χ2v) is 3.84. The summed E-state index contributed by atoms with van der Waals surface area (Å²) in [6.07, 6.45) is 1.75. The van der Waals surface area contributed by atoms with Crippen molar-refractivity contribution in [2.24, 2.45) is 5.73 Å². The van der Waals surface area contributed by atoms with Crippen LogP contribution in [0.3, 0.4) is 0 Å². The van der Waals surface area contributed by atoms with E-state index in [0.29, 0.717) is 6.54 Å². The number of nitrogens with zero attached hydrogens (tertiary/aromatic N) is 2. The van der Waals surface area contributed by atoms with E-state index >= 15 is 0 Å². The van der Waals surface area contributed by atoms with Gasteiger partial charge in [-0.25, -0.2) is 4.98 Å². The summed E-state index contributed by atoms with van der Waals surface area (Å²) >= 11 is 0. The van der Waals surface area contributed by atoms with Gasteiger partial charge in [-0.15, -0.1) is 0 Å². The van der Waals surface area contributed by atoms with E-state index in [4.69, 9.17) is 5.73 Å². The van der Waals surface area contributed by atoms with Crippen molar-refractivity contribution in [1.29, 1.82) is 0 Å². The van der Waals surface area contributed by atoms with Gasteiger partial charge in [0.1, 0.15) is 5.82 Å². The number of para-hydroxylation sites is 2. The molecule has 0 saturated carbocycles. The van der Waals surface area contributed by atoms with E-state index in [9.17, 15) is 0 Å². The van der Waals surface area contributed by atoms with Crippen molar-refractivity contribution in [2.75, 3.05) is 0 Å². The summed E-state index contributed by atoms with van der Waals surface area (Å²) in [6.45, 7) is 0.439. The second-order valence-electron chi connectivity index (χ2n) is 3.84. The molecule has 4 heteroatoms. The van der Waals surface area contributed by atoms with E-state index in [-0.39, 0.29) is 0 Å². The Labute approximate surface area is 98.5 Å². The van der Waals surface area contributed by atoms with E-state index < -0.39 is 0 Å². The van der Waals surface area contributed by atoms with Gasteiger partial charge in [0.2, 0.25) is 0 Å². The number of hydrogen-bond donors (Lipinski definition) is 2. The molecule has 1 aromatic carbocycles. The van der Waals surface area contributed by atoms with Crippen LogP contribution in [0.1, 0.15) is 5.69 Å². The molecule has 0 fully saturated rings. The maximum atomic E-state index is 5.58. The smallest absolute Gasteiger partial charge is 0.138 e. The molecule has 0 aliphatic heterocycles. The normalized spacial score (nSPS) is 10.9. The van der Waals surface area contributed by atoms with Gasteiger partial charge in [-0.1, -0.05) is 12.1 Å². The fourth-order valence-electron chi connectivity index (χ4n) is 1.83. The average molecular weight is 224 g/mol. The number of nitrogens with two attached hydrogens (primary N) is 1. The highest BCUT2D eigenvalue weighted by Crippen LogP contribution is 2.20. The third-order valence-corrected chi connectivity index (χ3v) is 2.69. The van der Waals surface area contributed by atoms with Crippen molar-refractivity contribution >= 4 is 11.0 Å². The molecule has 0 amide bonds. The predicted octanol–water partition coefficient (Wildman–Crippen LogP) is 2.08. The first kappa shape index (κ1) is 9.99. The zero-order valence-corrected chi connectivity index (χ0v) is 9.22. The largest absolute Gasteiger partial charge is 0.338 e. The van der Waals surface area contributed by atoms with Crippen molar-refractivity contribution in [3.63, 3.8) is 0 Å². The SMILES string of the molecule is NCc1cc(-c2nc3ccccc3[nH]2)ccn1. The van der Waals surface area contributed by atoms with Crippen LogP contribution in [0.15, 0.2) is 42.6 Å². The number of rotatable bonds is 2. The summed E-state index contributed by atoms with van der Waals surface area (Å²) in [4.78, 5) is 12.0. The lowest BCUT2D eigenvalue weighted by atomic mass is 10.2. The van der Waals surface area contributed by atoms with E-state index in [1.165, 1.54) is 0 Å². The summed E-state index contributed by atoms with van der Waals surface area (Å²) in [7, 11) is 0. The molecule has 3 N–H and O–H groups in total. The molecule has 17 heavy (non-hydrogen) atoms. The maximum absolute atomic E-state index is 5.58. The Morgan fingerprint density at radius 1 is 1.18 bits per heavy atom. The number of hydrogen-bond acceptors (Lipinski definition) is 3. The van der Waals surface area contributed by atoms with Gasteiger partial charge in [-0.2, -0.15) is 0 Å². The molecule has 2 aromatic heterocycles. The summed E-state index contributed by atoms with van der Waals surface area (Å²) in [5.41, 5.74) is 9.46. The number of imidazole rings is 1. The molecular weight excluding hydrogens is 212 g/mol. The van der Waals surface area contributed by atoms with Crippen molar-refractivity contribution < 1.29 is 0 Å². The lowest BCUT2D eigenvalue weighted by Crippen LogP contribution is -1.99. The van der Waals surface area contributed by atoms with E-state index in [2.05, 4.69) is 15.0 Å². The number of pyridine rings is 1. The van der Waals surface area contributed by atoms with Crippen molar-refractivity contribution in [3.05, 3.63) is 48.3 Å². The minimum Gasteiger partial charge on any atom is -0.338 e. The molecule has 0 radical (unpaired) electrons. The molecule has 4 nitrogen and oxygen atoms in total. The van der Waals surface area contributed by atoms with Gasteiger partial charge in [0.05, 0.1) is 16.7 Å². The molecule has 84 valence electrons. The highest BCUT2D eigenvalue weighted by Gasteiger charge is 2.05. The van der Waals surface area contributed by atoms with Crippen LogP contribution in [0.2, 0.25) is 0 Å². The van der Waals surface area contributed by atoms with E-state index in [0.717, 1.165) is 28.1 Å². The van der Waals surface area contributed by atoms with Crippen LogP contribution in [-0.4, -0.2) is 15.0 Å². The number of benzene rings is 1. The Balaban J connectivity index is 2.13. The topological polar surface area (TPSA) is 67.6 Å². The van der Waals surface area contributed by atoms with Gasteiger partial charge in [-0.3, -0.25) is 4.98 Å². The van der Waals surface area contributed by atoms with Gasteiger partial charge in [0.15, 0.2) is 0 Å². The van der Waals surface area contributed by atoms with Crippen molar-refractivity contribution in [3.8, 4) is 11.4 Å². The third kappa shape index (κ3) is 1.79. The highest BCUT2D eigenvalue weighted by molar-refractivity contribution is 5.79. The zero-order valence-electron chi connectivity index (χ0n) is 9.22. The van der Waals surface area contributed by atoms with Gasteiger partial charge >= 0.3 is 0 Å². The Bertz CT molecular complexity index is 624. The number of H-pyrrole nitrogens is 1. The minimum absolute atomic E-state index is 0.439. The molecule has 0 aliphatic rings. The van der Waals surface area contributed by atoms with Crippen LogP contribution < -0.4 is 5.73 Å². The molecule has 0 spiro atoms. The van der Waals surface area contributed by atoms with Crippen LogP contribution in [-0.2, 0) is 6.54 Å². The zero-order chi connectivity index (χ0) is 11.7. The Morgan fingerprint density at radius 3 is 2.88 bits per heavy atom. The predicted molar refractivity (Wildman–Crippen MR) is 67.2 cm³/mol. The van der Waals surface area contributed by atoms with Crippen molar-refractivity contribution in [1.82, 2.24) is 15.0 Å². The molecule has 2 heterocycles. The second kappa shape index (κ2) is 3.99. The van der Waals surface area contributed by atoms with Crippen LogP contribution in [0.5, 0.6) is 0 Å². The maximum Gasteiger partial charge on any atom is 0.138 e. The first-order chi connectivity index (χ1) is 8.36. The van der Waals surface area contributed by atoms with Crippen LogP contribution in [0.25, 0.3) is 22.4 Å². The van der Waals surface area contributed by atoms with Gasteiger partial charge in [0.25, 0.3) is 0 Å². The standard InChI is InChI=1S/C13H12N4/c14-8-10-7-9(5-6-15-10)13-16-11-3-1-2-4-12(11)17-13/h1-7H,8,14H2,(H,16,17). The Kier molecular flexibility index (Phi) is 2.34. The van der Waals surface area contributed by atoms with Gasteiger partial charge in [-0.05, 0) is 24.3 Å². The Hall–Kier alpha value is -2.20. The third-order valence-electron chi connectivity index (χ3n) is 2.69. The summed E-state index contributed by atoms with van der Waals surface area (Å²) in [5.74, 6) is 0.850. The number of fused-ring (bicyclic) bond motifs is 1. The molecule has 0 atom stereocenters. The average Bonchev–Trinajstić information content (AvgIpc) is 2.82. The molecule has 3 aromatic rings.